The lowest BCUT2D eigenvalue weighted by atomic mass is 10.1. The number of H-pyrrole nitrogens is 4. The molecule has 2 fully saturated rings. The molecule has 10 aromatic rings. The number of morpholine rings is 2. The van der Waals surface area contributed by atoms with Crippen LogP contribution in [0.4, 0.5) is 57.8 Å². The van der Waals surface area contributed by atoms with Gasteiger partial charge in [0.1, 0.15) is 5.82 Å². The average Bonchev–Trinajstić information content (AvgIpc) is 0.811. The summed E-state index contributed by atoms with van der Waals surface area (Å²) in [4.78, 5) is 175. The number of nitrogens with one attached hydrogen (secondary N) is 6. The summed E-state index contributed by atoms with van der Waals surface area (Å²) in [6, 6.07) is 41.5. The third kappa shape index (κ3) is 27.6. The zero-order valence-corrected chi connectivity index (χ0v) is 76.2. The molecule has 126 heavy (non-hydrogen) atoms. The lowest BCUT2D eigenvalue weighted by Gasteiger charge is -2.27. The van der Waals surface area contributed by atoms with Crippen molar-refractivity contribution in [2.45, 2.75) is 116 Å². The van der Waals surface area contributed by atoms with Crippen molar-refractivity contribution in [3.05, 3.63) is 237 Å². The van der Waals surface area contributed by atoms with Gasteiger partial charge >= 0.3 is 0 Å². The molecule has 0 bridgehead atoms. The van der Waals surface area contributed by atoms with Crippen LogP contribution in [0.15, 0.2) is 163 Å². The summed E-state index contributed by atoms with van der Waals surface area (Å²) < 4.78 is 16.1. The van der Waals surface area contributed by atoms with Crippen LogP contribution in [0.1, 0.15) is 94.0 Å². The molecule has 0 saturated carbocycles. The molecule has 3 aliphatic heterocycles. The van der Waals surface area contributed by atoms with Gasteiger partial charge in [-0.1, -0.05) is 102 Å². The Morgan fingerprint density at radius 3 is 1.20 bits per heavy atom. The molecule has 8 heterocycles. The van der Waals surface area contributed by atoms with Crippen molar-refractivity contribution in [1.29, 1.82) is 0 Å². The number of ether oxygens (including phenoxy) is 3. The Balaban J connectivity index is 0.000000179. The summed E-state index contributed by atoms with van der Waals surface area (Å²) in [5.74, 6) is 2.42. The van der Waals surface area contributed by atoms with Crippen molar-refractivity contribution < 1.29 is 43.0 Å². The summed E-state index contributed by atoms with van der Waals surface area (Å²) in [7, 11) is 14.6. The van der Waals surface area contributed by atoms with Crippen LogP contribution in [0.2, 0.25) is 0 Å². The van der Waals surface area contributed by atoms with Gasteiger partial charge in [-0.05, 0) is 147 Å². The topological polar surface area (TPSA) is 389 Å². The van der Waals surface area contributed by atoms with Crippen LogP contribution in [0.5, 0.6) is 5.75 Å². The lowest BCUT2D eigenvalue weighted by Crippen LogP contribution is -2.38. The van der Waals surface area contributed by atoms with E-state index in [0.29, 0.717) is 170 Å². The van der Waals surface area contributed by atoms with Crippen molar-refractivity contribution in [3.8, 4) is 5.75 Å². The number of benzene rings is 5. The molecule has 35 heteroatoms. The number of amides is 6. The number of thioether (sulfide) groups is 2. The van der Waals surface area contributed by atoms with E-state index in [9.17, 15) is 47.9 Å². The summed E-state index contributed by atoms with van der Waals surface area (Å²) in [5.41, 5.74) is 11.6. The normalized spacial score (nSPS) is 12.6. The molecule has 3 aliphatic rings. The van der Waals surface area contributed by atoms with Gasteiger partial charge in [-0.2, -0.15) is 0 Å². The molecule has 13 rings (SSSR count). The maximum Gasteiger partial charge on any atom is 0.262 e. The van der Waals surface area contributed by atoms with Crippen molar-refractivity contribution in [2.24, 2.45) is 0 Å². The molecule has 6 amide bonds. The van der Waals surface area contributed by atoms with Crippen LogP contribution >= 0.6 is 23.5 Å². The van der Waals surface area contributed by atoms with E-state index in [1.54, 1.807) is 84.6 Å². The van der Waals surface area contributed by atoms with Gasteiger partial charge in [0.15, 0.2) is 22.7 Å². The smallest absolute Gasteiger partial charge is 0.262 e. The molecule has 33 nitrogen and oxygen atoms in total. The quantitative estimate of drug-likeness (QED) is 0.0217. The van der Waals surface area contributed by atoms with Gasteiger partial charge in [0, 0.05) is 194 Å². The first-order valence-corrected chi connectivity index (χ1v) is 43.8. The molecule has 2 saturated heterocycles. The maximum absolute atomic E-state index is 12.6. The first-order valence-electron chi connectivity index (χ1n) is 41.3. The molecule has 6 N–H and O–H groups in total. The van der Waals surface area contributed by atoms with E-state index in [1.807, 2.05) is 198 Å². The van der Waals surface area contributed by atoms with Crippen molar-refractivity contribution >= 4 is 117 Å². The van der Waals surface area contributed by atoms with E-state index in [0.717, 1.165) is 50.5 Å². The number of carbonyl (C=O) groups is 6. The molecule has 5 aromatic carbocycles. The Kier molecular flexibility index (Phi) is 36.4. The van der Waals surface area contributed by atoms with Crippen LogP contribution < -0.4 is 76.8 Å². The molecule has 0 unspecified atom stereocenters. The minimum atomic E-state index is -0.264. The standard InChI is InChI=1S/C20H23N5O5.C20H26N4O3.C18H24N4OS.C17H22N4O2.C16H19N3O2S/c1-12-13(19(28)24-20(21-12)25-7-9-29-10-8-25)5-6-16(26)22-14-3-2-4-15-18(14)30-11-17(27)23-15;1-14-4-6-16(7-5-14)23(3)18(25)9-8-17-15(2)21-20(22-19(17)26)24-10-12-27-13-11-24;1-13-15(17(21(2)3)20-18(19-13)24-5)11-12-16(23)22(4)14-9-7-6-8-10-14;1-12-14(16(23)19-17(18-12)20(2)3)10-11-15(22)21(4)13-8-6-5-7-9-13;1-11-13(15(21)18-16(17-11)22-3)9-10-14(20)19(2)12-7-5-4-6-8-12/h2-4H,5-11H2,1H3,(H,22,26)(H,23,27)(H,21,24,28);4-7H,8-13H2,1-3H3,(H,21,22,26);6-10H,11-12H2,1-5H3;5-9H,10-11H2,1-4H3,(H,18,19,23);4-8H,9-10H2,1-3H3,(H,17,18,21). The average molecular weight is 1760 g/mol. The van der Waals surface area contributed by atoms with E-state index in [4.69, 9.17) is 14.2 Å². The van der Waals surface area contributed by atoms with E-state index in [-0.39, 0.29) is 96.4 Å². The highest BCUT2D eigenvalue weighted by Gasteiger charge is 2.25. The first kappa shape index (κ1) is 97.0. The number of aryl methyl sites for hydroxylation is 6. The van der Waals surface area contributed by atoms with E-state index in [1.165, 1.54) is 23.5 Å². The Morgan fingerprint density at radius 2 is 0.802 bits per heavy atom. The number of carbonyl (C=O) groups excluding carboxylic acids is 6. The van der Waals surface area contributed by atoms with Gasteiger partial charge in [-0.15, -0.1) is 0 Å². The van der Waals surface area contributed by atoms with Crippen LogP contribution in [-0.2, 0) is 70.3 Å². The molecule has 0 atom stereocenters. The zero-order chi connectivity index (χ0) is 91.3. The van der Waals surface area contributed by atoms with Gasteiger partial charge in [0.25, 0.3) is 28.1 Å². The number of hydrogen-bond donors (Lipinski definition) is 6. The molecule has 0 spiro atoms. The summed E-state index contributed by atoms with van der Waals surface area (Å²) in [6.07, 6.45) is 7.17. The van der Waals surface area contributed by atoms with Crippen molar-refractivity contribution in [1.82, 2.24) is 49.8 Å². The minimum absolute atomic E-state index is 0.0288. The first-order chi connectivity index (χ1) is 60.3. The van der Waals surface area contributed by atoms with Crippen LogP contribution in [-0.4, -0.2) is 213 Å². The molecule has 5 aromatic heterocycles. The van der Waals surface area contributed by atoms with Gasteiger partial charge in [0.05, 0.1) is 37.8 Å². The second-order valence-electron chi connectivity index (χ2n) is 30.3. The lowest BCUT2D eigenvalue weighted by molar-refractivity contribution is -0.119. The fourth-order valence-corrected chi connectivity index (χ4v) is 14.4. The Bertz CT molecular complexity index is 5630. The Hall–Kier alpha value is -12.9. The highest BCUT2D eigenvalue weighted by atomic mass is 32.2. The summed E-state index contributed by atoms with van der Waals surface area (Å²) >= 11 is 2.92. The van der Waals surface area contributed by atoms with Crippen molar-refractivity contribution in [2.75, 3.05) is 178 Å². The fraction of sp³-hybridized carbons (Fsp3) is 0.385. The number of hydrogen-bond acceptors (Lipinski definition) is 25. The van der Waals surface area contributed by atoms with Gasteiger partial charge in [0.2, 0.25) is 47.4 Å². The predicted molar refractivity (Wildman–Crippen MR) is 498 cm³/mol. The van der Waals surface area contributed by atoms with E-state index >= 15 is 0 Å². The number of para-hydroxylation sites is 4. The highest BCUT2D eigenvalue weighted by molar-refractivity contribution is 7.98. The number of aromatic amines is 4. The number of rotatable bonds is 26. The number of anilines is 10. The third-order valence-electron chi connectivity index (χ3n) is 21.1. The fourth-order valence-electron chi connectivity index (χ4n) is 13.6. The number of fused-ring (bicyclic) bond motifs is 1. The van der Waals surface area contributed by atoms with Gasteiger partial charge in [-0.3, -0.25) is 62.9 Å². The third-order valence-corrected chi connectivity index (χ3v) is 22.2. The molecular weight excluding hydrogens is 1650 g/mol. The summed E-state index contributed by atoms with van der Waals surface area (Å²) in [5, 5.41) is 6.84. The molecular formula is C91H114N20O13S2. The number of nitrogens with zero attached hydrogens (tertiary/aromatic N) is 14. The Labute approximate surface area is 741 Å². The second-order valence-corrected chi connectivity index (χ2v) is 31.9. The van der Waals surface area contributed by atoms with Gasteiger partial charge in [-0.25, -0.2) is 29.9 Å². The van der Waals surface area contributed by atoms with Crippen LogP contribution in [0, 0.1) is 41.5 Å². The van der Waals surface area contributed by atoms with E-state index in [2.05, 4.69) is 60.5 Å². The Morgan fingerprint density at radius 1 is 0.413 bits per heavy atom. The summed E-state index contributed by atoms with van der Waals surface area (Å²) in [6.45, 7) is 16.3. The van der Waals surface area contributed by atoms with Crippen molar-refractivity contribution in [3.63, 3.8) is 0 Å². The zero-order valence-electron chi connectivity index (χ0n) is 74.5. The molecule has 0 radical (unpaired) electrons. The molecule has 668 valence electrons. The largest absolute Gasteiger partial charge is 0.479 e. The highest BCUT2D eigenvalue weighted by Crippen LogP contribution is 2.36. The molecule has 0 aliphatic carbocycles. The van der Waals surface area contributed by atoms with Gasteiger partial charge < -0.3 is 69.0 Å². The minimum Gasteiger partial charge on any atom is -0.479 e. The number of aromatic nitrogens is 10. The maximum atomic E-state index is 12.6. The van der Waals surface area contributed by atoms with E-state index < -0.39 is 0 Å². The van der Waals surface area contributed by atoms with Crippen LogP contribution in [0.3, 0.4) is 0 Å². The predicted octanol–water partition coefficient (Wildman–Crippen LogP) is 9.94. The SMILES string of the molecule is CSc1nc(C)c(CCC(=O)N(C)c2ccccc2)c(=O)[nH]1.CSc1nc(C)c(CCC(=O)N(C)c2ccccc2)c(N(C)C)n1.Cc1ccc(N(C)C(=O)CCc2c(C)nc(N3CCOCC3)[nH]c2=O)cc1.Cc1nc(N(C)C)[nH]c(=O)c1CCC(=O)N(C)c1ccccc1.Cc1nc(N2CCOCC2)[nH]c(=O)c1CCC(=O)Nc1cccc2c1OCC(=O)N2. The monoisotopic (exact) mass is 1760 g/mol. The second kappa shape index (κ2) is 47.3. The van der Waals surface area contributed by atoms with Crippen LogP contribution in [0.25, 0.3) is 0 Å².